The molecular weight excluding hydrogens is 556 g/mol. The SMILES string of the molecule is C=CC(=O)N1CCN(c2nc(=O)n3c4nc(c(F)cc24)-c2c(F)cccc2NCCOc2ccnc(C(C)C)c2-3)[C@@H](C)C1. The minimum absolute atomic E-state index is 0.0553. The monoisotopic (exact) mass is 587 g/mol. The van der Waals surface area contributed by atoms with Crippen LogP contribution in [0.3, 0.4) is 0 Å². The van der Waals surface area contributed by atoms with Gasteiger partial charge in [-0.1, -0.05) is 26.5 Å². The van der Waals surface area contributed by atoms with Crippen LogP contribution in [0.15, 0.2) is 54.0 Å². The van der Waals surface area contributed by atoms with Gasteiger partial charge in [0.2, 0.25) is 5.91 Å². The zero-order chi connectivity index (χ0) is 30.4. The van der Waals surface area contributed by atoms with Gasteiger partial charge in [-0.05, 0) is 37.1 Å². The Morgan fingerprint density at radius 1 is 1.19 bits per heavy atom. The van der Waals surface area contributed by atoms with Crippen LogP contribution in [0.4, 0.5) is 20.3 Å². The Morgan fingerprint density at radius 3 is 2.74 bits per heavy atom. The Labute approximate surface area is 246 Å². The summed E-state index contributed by atoms with van der Waals surface area (Å²) < 4.78 is 38.9. The molecule has 3 aromatic heterocycles. The molecule has 222 valence electrons. The van der Waals surface area contributed by atoms with Crippen molar-refractivity contribution in [1.82, 2.24) is 24.4 Å². The van der Waals surface area contributed by atoms with Crippen LogP contribution in [0, 0.1) is 11.6 Å². The lowest BCUT2D eigenvalue weighted by molar-refractivity contribution is -0.126. The summed E-state index contributed by atoms with van der Waals surface area (Å²) in [5, 5.41) is 3.39. The van der Waals surface area contributed by atoms with Crippen molar-refractivity contribution in [1.29, 1.82) is 0 Å². The fraction of sp³-hybridized carbons (Fsp3) is 0.323. The molecule has 43 heavy (non-hydrogen) atoms. The van der Waals surface area contributed by atoms with Crippen molar-refractivity contribution in [3.8, 4) is 22.7 Å². The molecule has 1 atom stereocenters. The van der Waals surface area contributed by atoms with E-state index < -0.39 is 17.3 Å². The van der Waals surface area contributed by atoms with E-state index in [1.807, 2.05) is 25.7 Å². The van der Waals surface area contributed by atoms with E-state index in [9.17, 15) is 9.59 Å². The molecule has 1 aromatic carbocycles. The molecule has 1 saturated heterocycles. The summed E-state index contributed by atoms with van der Waals surface area (Å²) in [6, 6.07) is 7.05. The first-order valence-corrected chi connectivity index (χ1v) is 14.2. The molecule has 2 aliphatic rings. The van der Waals surface area contributed by atoms with Crippen molar-refractivity contribution >= 4 is 28.4 Å². The highest BCUT2D eigenvalue weighted by Gasteiger charge is 2.31. The Kier molecular flexibility index (Phi) is 7.28. The number of carbonyl (C=O) groups excluding carboxylic acids is 1. The van der Waals surface area contributed by atoms with Gasteiger partial charge in [0.05, 0.1) is 16.6 Å². The second kappa shape index (κ2) is 11.1. The maximum Gasteiger partial charge on any atom is 0.356 e. The molecule has 4 aromatic rings. The zero-order valence-corrected chi connectivity index (χ0v) is 24.1. The van der Waals surface area contributed by atoms with Gasteiger partial charge in [-0.15, -0.1) is 0 Å². The second-order valence-electron chi connectivity index (χ2n) is 10.9. The van der Waals surface area contributed by atoms with Gasteiger partial charge < -0.3 is 19.9 Å². The molecule has 2 bridgehead atoms. The lowest BCUT2D eigenvalue weighted by Crippen LogP contribution is -2.54. The van der Waals surface area contributed by atoms with Crippen LogP contribution in [-0.4, -0.2) is 69.2 Å². The topological polar surface area (TPSA) is 105 Å². The molecule has 0 saturated carbocycles. The molecule has 1 N–H and O–H groups in total. The minimum atomic E-state index is -0.772. The van der Waals surface area contributed by atoms with Crippen LogP contribution in [0.5, 0.6) is 5.75 Å². The highest BCUT2D eigenvalue weighted by atomic mass is 19.1. The van der Waals surface area contributed by atoms with Gasteiger partial charge in [-0.3, -0.25) is 9.78 Å². The average molecular weight is 588 g/mol. The molecule has 10 nitrogen and oxygen atoms in total. The van der Waals surface area contributed by atoms with Gasteiger partial charge in [0, 0.05) is 50.2 Å². The zero-order valence-electron chi connectivity index (χ0n) is 24.1. The van der Waals surface area contributed by atoms with Gasteiger partial charge >= 0.3 is 5.69 Å². The number of halogens is 2. The normalized spacial score (nSPS) is 16.6. The van der Waals surface area contributed by atoms with Crippen molar-refractivity contribution in [2.24, 2.45) is 0 Å². The van der Waals surface area contributed by atoms with E-state index in [0.717, 1.165) is 0 Å². The summed E-state index contributed by atoms with van der Waals surface area (Å²) in [4.78, 5) is 43.6. The molecule has 0 aliphatic carbocycles. The third-order valence-corrected chi connectivity index (χ3v) is 7.80. The number of carbonyl (C=O) groups is 1. The summed E-state index contributed by atoms with van der Waals surface area (Å²) in [6.45, 7) is 10.8. The number of anilines is 2. The summed E-state index contributed by atoms with van der Waals surface area (Å²) in [6.07, 6.45) is 2.87. The van der Waals surface area contributed by atoms with Crippen molar-refractivity contribution in [2.75, 3.05) is 43.0 Å². The molecule has 1 fully saturated rings. The molecule has 0 spiro atoms. The second-order valence-corrected chi connectivity index (χ2v) is 10.9. The average Bonchev–Trinajstić information content (AvgIpc) is 2.98. The summed E-state index contributed by atoms with van der Waals surface area (Å²) in [5.74, 6) is -1.15. The van der Waals surface area contributed by atoms with Crippen LogP contribution in [-0.2, 0) is 4.79 Å². The molecule has 6 rings (SSSR count). The first kappa shape index (κ1) is 28.3. The number of benzene rings is 1. The number of hydrogen-bond acceptors (Lipinski definition) is 8. The Balaban J connectivity index is 1.68. The van der Waals surface area contributed by atoms with E-state index >= 15 is 8.78 Å². The number of ether oxygens (including phenoxy) is 1. The first-order chi connectivity index (χ1) is 20.7. The van der Waals surface area contributed by atoms with Crippen LogP contribution >= 0.6 is 0 Å². The third kappa shape index (κ3) is 4.86. The first-order valence-electron chi connectivity index (χ1n) is 14.2. The van der Waals surface area contributed by atoms with Crippen LogP contribution in [0.2, 0.25) is 0 Å². The van der Waals surface area contributed by atoms with Crippen LogP contribution < -0.4 is 20.6 Å². The van der Waals surface area contributed by atoms with Gasteiger partial charge in [0.15, 0.2) is 11.5 Å². The van der Waals surface area contributed by atoms with Gasteiger partial charge in [0.25, 0.3) is 0 Å². The largest absolute Gasteiger partial charge is 0.489 e. The fourth-order valence-electron chi connectivity index (χ4n) is 5.78. The number of nitrogens with zero attached hydrogens (tertiary/aromatic N) is 6. The van der Waals surface area contributed by atoms with Crippen LogP contribution in [0.1, 0.15) is 32.4 Å². The van der Waals surface area contributed by atoms with Gasteiger partial charge in [-0.2, -0.15) is 4.98 Å². The Hall–Kier alpha value is -4.87. The van der Waals surface area contributed by atoms with E-state index in [1.165, 1.54) is 28.8 Å². The lowest BCUT2D eigenvalue weighted by atomic mass is 10.0. The predicted molar refractivity (Wildman–Crippen MR) is 160 cm³/mol. The number of piperazine rings is 1. The Morgan fingerprint density at radius 2 is 2.00 bits per heavy atom. The molecule has 0 radical (unpaired) electrons. The van der Waals surface area contributed by atoms with E-state index in [0.29, 0.717) is 42.5 Å². The molecular formula is C31H31F2N7O3. The molecule has 2 aliphatic heterocycles. The summed E-state index contributed by atoms with van der Waals surface area (Å²) in [5.41, 5.74) is 0.356. The maximum absolute atomic E-state index is 16.1. The fourth-order valence-corrected chi connectivity index (χ4v) is 5.78. The van der Waals surface area contributed by atoms with Crippen LogP contribution in [0.25, 0.3) is 28.0 Å². The molecule has 5 heterocycles. The molecule has 12 heteroatoms. The van der Waals surface area contributed by atoms with Crippen molar-refractivity contribution < 1.29 is 18.3 Å². The number of aromatic nitrogens is 4. The minimum Gasteiger partial charge on any atom is -0.489 e. The van der Waals surface area contributed by atoms with E-state index in [2.05, 4.69) is 26.8 Å². The number of rotatable bonds is 3. The molecule has 1 amide bonds. The smallest absolute Gasteiger partial charge is 0.356 e. The van der Waals surface area contributed by atoms with Crippen molar-refractivity contribution in [3.63, 3.8) is 0 Å². The van der Waals surface area contributed by atoms with Crippen molar-refractivity contribution in [2.45, 2.75) is 32.7 Å². The van der Waals surface area contributed by atoms with Gasteiger partial charge in [-0.25, -0.2) is 23.1 Å². The predicted octanol–water partition coefficient (Wildman–Crippen LogP) is 4.27. The molecule has 0 unspecified atom stereocenters. The summed E-state index contributed by atoms with van der Waals surface area (Å²) >= 11 is 0. The number of nitrogens with one attached hydrogen (secondary N) is 1. The maximum atomic E-state index is 16.1. The highest BCUT2D eigenvalue weighted by Crippen LogP contribution is 2.38. The standard InChI is InChI=1S/C31H31F2N7O3/c1-5-24(41)38-12-13-39(18(4)16-38)29-19-15-21(33)27-25-20(32)7-6-8-22(25)34-11-14-43-23-9-10-35-26(17(2)3)28(23)40(30(19)36-27)31(42)37-29/h5-10,15,17-18,34H,1,11-14,16H2,2-4H3/t18-/m0/s1. The quantitative estimate of drug-likeness (QED) is 0.355. The lowest BCUT2D eigenvalue weighted by Gasteiger charge is -2.40. The van der Waals surface area contributed by atoms with Crippen molar-refractivity contribution in [3.05, 3.63) is 77.0 Å². The van der Waals surface area contributed by atoms with E-state index in [1.54, 1.807) is 23.2 Å². The Bertz CT molecular complexity index is 1820. The number of hydrogen-bond donors (Lipinski definition) is 1. The summed E-state index contributed by atoms with van der Waals surface area (Å²) in [7, 11) is 0. The highest BCUT2D eigenvalue weighted by molar-refractivity contribution is 5.92. The van der Waals surface area contributed by atoms with E-state index in [-0.39, 0.29) is 59.1 Å². The number of pyridine rings is 2. The number of amides is 1. The number of fused-ring (bicyclic) bond motifs is 5. The van der Waals surface area contributed by atoms with Gasteiger partial charge in [0.1, 0.15) is 35.4 Å². The third-order valence-electron chi connectivity index (χ3n) is 7.80. The van der Waals surface area contributed by atoms with E-state index in [4.69, 9.17) is 4.74 Å².